The monoisotopic (exact) mass is 441 g/mol. The maximum absolute atomic E-state index is 12.3. The molecule has 3 rings (SSSR count). The Kier molecular flexibility index (Phi) is 7.56. The number of hydrogen-bond donors (Lipinski definition) is 0. The van der Waals surface area contributed by atoms with Crippen molar-refractivity contribution in [3.05, 3.63) is 64.1 Å². The summed E-state index contributed by atoms with van der Waals surface area (Å²) in [6, 6.07) is 14.1. The second kappa shape index (κ2) is 10.1. The maximum atomic E-state index is 12.3. The Hall–Kier alpha value is -2.31. The van der Waals surface area contributed by atoms with E-state index in [0.717, 1.165) is 23.5 Å². The van der Waals surface area contributed by atoms with Gasteiger partial charge >= 0.3 is 0 Å². The molecule has 2 aromatic carbocycles. The molecule has 6 heteroatoms. The number of aryl methyl sites for hydroxylation is 1. The molecular weight excluding hydrogens is 414 g/mol. The standard InChI is InChI=1S/C24H27NO3S2/c1-16(2)19-11-10-17(3)14-21(19)28-13-7-12-27-20-9-6-5-8-18(20)15-22-23(26)25(4)24(29)30-22/h5-6,8-11,14-16H,7,12-13H2,1-4H3/b22-15-. The van der Waals surface area contributed by atoms with E-state index in [1.54, 1.807) is 7.05 Å². The lowest BCUT2D eigenvalue weighted by Gasteiger charge is -2.15. The molecule has 0 unspecified atom stereocenters. The van der Waals surface area contributed by atoms with E-state index in [1.807, 2.05) is 30.3 Å². The van der Waals surface area contributed by atoms with Crippen LogP contribution in [0.3, 0.4) is 0 Å². The topological polar surface area (TPSA) is 38.8 Å². The third-order valence-corrected chi connectivity index (χ3v) is 6.27. The van der Waals surface area contributed by atoms with Gasteiger partial charge < -0.3 is 9.47 Å². The van der Waals surface area contributed by atoms with Crippen molar-refractivity contribution in [2.24, 2.45) is 0 Å². The SMILES string of the molecule is Cc1ccc(C(C)C)c(OCCCOc2ccccc2/C=C2\SC(=S)N(C)C2=O)c1. The second-order valence-corrected chi connectivity index (χ2v) is 9.20. The molecule has 1 heterocycles. The van der Waals surface area contributed by atoms with Crippen LogP contribution < -0.4 is 9.47 Å². The largest absolute Gasteiger partial charge is 0.493 e. The molecule has 0 aromatic heterocycles. The highest BCUT2D eigenvalue weighted by Gasteiger charge is 2.28. The van der Waals surface area contributed by atoms with Crippen LogP contribution >= 0.6 is 24.0 Å². The Morgan fingerprint density at radius 3 is 2.47 bits per heavy atom. The summed E-state index contributed by atoms with van der Waals surface area (Å²) in [4.78, 5) is 14.4. The highest BCUT2D eigenvalue weighted by atomic mass is 32.2. The van der Waals surface area contributed by atoms with Crippen molar-refractivity contribution in [2.45, 2.75) is 33.1 Å². The maximum Gasteiger partial charge on any atom is 0.265 e. The van der Waals surface area contributed by atoms with Gasteiger partial charge in [-0.3, -0.25) is 9.69 Å². The number of benzene rings is 2. The van der Waals surface area contributed by atoms with Crippen LogP contribution in [-0.2, 0) is 4.79 Å². The summed E-state index contributed by atoms with van der Waals surface area (Å²) in [5, 5.41) is 0. The number of thioether (sulfide) groups is 1. The molecule has 0 N–H and O–H groups in total. The van der Waals surface area contributed by atoms with Gasteiger partial charge in [-0.25, -0.2) is 0 Å². The Labute approximate surface area is 188 Å². The van der Waals surface area contributed by atoms with E-state index in [-0.39, 0.29) is 5.91 Å². The zero-order valence-electron chi connectivity index (χ0n) is 17.8. The predicted octanol–water partition coefficient (Wildman–Crippen LogP) is 5.80. The van der Waals surface area contributed by atoms with E-state index in [0.29, 0.717) is 28.4 Å². The highest BCUT2D eigenvalue weighted by molar-refractivity contribution is 8.26. The van der Waals surface area contributed by atoms with Crippen LogP contribution in [0.2, 0.25) is 0 Å². The first-order chi connectivity index (χ1) is 14.4. The molecule has 0 spiro atoms. The van der Waals surface area contributed by atoms with Crippen LogP contribution in [0.15, 0.2) is 47.4 Å². The Morgan fingerprint density at radius 2 is 1.80 bits per heavy atom. The lowest BCUT2D eigenvalue weighted by atomic mass is 10.0. The van der Waals surface area contributed by atoms with Crippen LogP contribution in [0.1, 0.15) is 42.9 Å². The number of para-hydroxylation sites is 1. The highest BCUT2D eigenvalue weighted by Crippen LogP contribution is 2.33. The summed E-state index contributed by atoms with van der Waals surface area (Å²) >= 11 is 6.51. The molecule has 0 radical (unpaired) electrons. The number of nitrogens with zero attached hydrogens (tertiary/aromatic N) is 1. The van der Waals surface area contributed by atoms with E-state index in [1.165, 1.54) is 27.8 Å². The number of carbonyl (C=O) groups is 1. The van der Waals surface area contributed by atoms with Crippen LogP contribution in [0.5, 0.6) is 11.5 Å². The number of likely N-dealkylation sites (N-methyl/N-ethyl adjacent to an activating group) is 1. The fourth-order valence-corrected chi connectivity index (χ4v) is 4.26. The average Bonchev–Trinajstić information content (AvgIpc) is 2.95. The molecule has 2 aromatic rings. The minimum absolute atomic E-state index is 0.0766. The van der Waals surface area contributed by atoms with Crippen LogP contribution in [0.4, 0.5) is 0 Å². The van der Waals surface area contributed by atoms with Gasteiger partial charge in [0.15, 0.2) is 0 Å². The zero-order valence-corrected chi connectivity index (χ0v) is 19.4. The normalized spacial score (nSPS) is 15.4. The van der Waals surface area contributed by atoms with Crippen molar-refractivity contribution < 1.29 is 14.3 Å². The van der Waals surface area contributed by atoms with Gasteiger partial charge in [0.05, 0.1) is 18.1 Å². The molecule has 0 atom stereocenters. The average molecular weight is 442 g/mol. The molecular formula is C24H27NO3S2. The molecule has 1 amide bonds. The van der Waals surface area contributed by atoms with Gasteiger partial charge in [0.25, 0.3) is 5.91 Å². The molecule has 158 valence electrons. The number of amides is 1. The number of rotatable bonds is 8. The summed E-state index contributed by atoms with van der Waals surface area (Å²) in [7, 11) is 1.69. The summed E-state index contributed by atoms with van der Waals surface area (Å²) in [5.74, 6) is 2.04. The smallest absolute Gasteiger partial charge is 0.265 e. The number of hydrogen-bond acceptors (Lipinski definition) is 5. The molecule has 1 saturated heterocycles. The lowest BCUT2D eigenvalue weighted by Crippen LogP contribution is -2.22. The Morgan fingerprint density at radius 1 is 1.10 bits per heavy atom. The summed E-state index contributed by atoms with van der Waals surface area (Å²) in [6.45, 7) is 7.53. The van der Waals surface area contributed by atoms with Crippen LogP contribution in [-0.4, -0.2) is 35.4 Å². The van der Waals surface area contributed by atoms with E-state index in [9.17, 15) is 4.79 Å². The van der Waals surface area contributed by atoms with Gasteiger partial charge in [-0.1, -0.05) is 68.2 Å². The van der Waals surface area contributed by atoms with Crippen molar-refractivity contribution in [1.29, 1.82) is 0 Å². The van der Waals surface area contributed by atoms with Crippen molar-refractivity contribution in [1.82, 2.24) is 4.90 Å². The first kappa shape index (κ1) is 22.4. The molecule has 1 aliphatic rings. The fourth-order valence-electron chi connectivity index (χ4n) is 3.08. The van der Waals surface area contributed by atoms with E-state index in [4.69, 9.17) is 21.7 Å². The van der Waals surface area contributed by atoms with Gasteiger partial charge in [-0.05, 0) is 42.2 Å². The van der Waals surface area contributed by atoms with Crippen molar-refractivity contribution >= 4 is 40.3 Å². The van der Waals surface area contributed by atoms with Crippen molar-refractivity contribution in [2.75, 3.05) is 20.3 Å². The summed E-state index contributed by atoms with van der Waals surface area (Å²) in [6.07, 6.45) is 2.60. The molecule has 30 heavy (non-hydrogen) atoms. The second-order valence-electron chi connectivity index (χ2n) is 7.53. The number of thiocarbonyl (C=S) groups is 1. The predicted molar refractivity (Wildman–Crippen MR) is 128 cm³/mol. The first-order valence-corrected chi connectivity index (χ1v) is 11.3. The minimum Gasteiger partial charge on any atom is -0.493 e. The van der Waals surface area contributed by atoms with Gasteiger partial charge in [0.1, 0.15) is 15.8 Å². The molecule has 0 bridgehead atoms. The van der Waals surface area contributed by atoms with Gasteiger partial charge in [-0.2, -0.15) is 0 Å². The first-order valence-electron chi connectivity index (χ1n) is 10.0. The quantitative estimate of drug-likeness (QED) is 0.294. The zero-order chi connectivity index (χ0) is 21.7. The third kappa shape index (κ3) is 5.43. The summed E-state index contributed by atoms with van der Waals surface area (Å²) < 4.78 is 12.6. The van der Waals surface area contributed by atoms with E-state index < -0.39 is 0 Å². The van der Waals surface area contributed by atoms with Crippen LogP contribution in [0.25, 0.3) is 6.08 Å². The number of ether oxygens (including phenoxy) is 2. The molecule has 0 aliphatic carbocycles. The molecule has 0 saturated carbocycles. The Bertz CT molecular complexity index is 969. The minimum atomic E-state index is -0.0766. The summed E-state index contributed by atoms with van der Waals surface area (Å²) in [5.41, 5.74) is 3.28. The molecule has 4 nitrogen and oxygen atoms in total. The van der Waals surface area contributed by atoms with Crippen molar-refractivity contribution in [3.63, 3.8) is 0 Å². The Balaban J connectivity index is 1.58. The number of carbonyl (C=O) groups excluding carboxylic acids is 1. The van der Waals surface area contributed by atoms with Gasteiger partial charge in [-0.15, -0.1) is 0 Å². The van der Waals surface area contributed by atoms with Crippen molar-refractivity contribution in [3.8, 4) is 11.5 Å². The molecule has 1 fully saturated rings. The van der Waals surface area contributed by atoms with Crippen LogP contribution in [0, 0.1) is 6.92 Å². The van der Waals surface area contributed by atoms with Gasteiger partial charge in [0.2, 0.25) is 0 Å². The van der Waals surface area contributed by atoms with E-state index in [2.05, 4.69) is 39.0 Å². The fraction of sp³-hybridized carbons (Fsp3) is 0.333. The lowest BCUT2D eigenvalue weighted by molar-refractivity contribution is -0.121. The molecule has 1 aliphatic heterocycles. The van der Waals surface area contributed by atoms with Gasteiger partial charge in [0, 0.05) is 19.0 Å². The third-order valence-electron chi connectivity index (χ3n) is 4.79. The van der Waals surface area contributed by atoms with E-state index >= 15 is 0 Å².